The average Bonchev–Trinajstić information content (AvgIpc) is 2.30. The summed E-state index contributed by atoms with van der Waals surface area (Å²) in [6.07, 6.45) is 0. The fourth-order valence-electron chi connectivity index (χ4n) is 1.73. The highest BCUT2D eigenvalue weighted by molar-refractivity contribution is 5.84. The van der Waals surface area contributed by atoms with Gasteiger partial charge in [0.2, 0.25) is 0 Å². The van der Waals surface area contributed by atoms with E-state index < -0.39 is 5.82 Å². The van der Waals surface area contributed by atoms with Crippen molar-refractivity contribution in [2.45, 2.75) is 6.61 Å². The number of aromatic amines is 1. The van der Waals surface area contributed by atoms with Crippen LogP contribution in [0.25, 0.3) is 10.9 Å². The second-order valence-electron chi connectivity index (χ2n) is 3.62. The number of fused-ring (bicyclic) bond motifs is 1. The predicted octanol–water partition coefficient (Wildman–Crippen LogP) is 1.82. The van der Waals surface area contributed by atoms with Crippen LogP contribution >= 0.6 is 0 Å². The molecule has 17 heavy (non-hydrogen) atoms. The molecule has 1 heterocycles. The molecule has 0 spiro atoms. The first-order valence-electron chi connectivity index (χ1n) is 5.04. The van der Waals surface area contributed by atoms with Crippen LogP contribution in [0.5, 0.6) is 5.75 Å². The van der Waals surface area contributed by atoms with Crippen LogP contribution in [0.1, 0.15) is 5.69 Å². The first-order chi connectivity index (χ1) is 8.15. The number of hydrogen-bond acceptors (Lipinski definition) is 3. The van der Waals surface area contributed by atoms with Crippen LogP contribution in [0.4, 0.5) is 4.39 Å². The Bertz CT molecular complexity index is 606. The summed E-state index contributed by atoms with van der Waals surface area (Å²) in [5.74, 6) is -0.200. The zero-order valence-electron chi connectivity index (χ0n) is 9.54. The molecule has 0 radical (unpaired) electrons. The van der Waals surface area contributed by atoms with Crippen molar-refractivity contribution < 1.29 is 13.9 Å². The maximum absolute atomic E-state index is 13.3. The Balaban J connectivity index is 2.77. The van der Waals surface area contributed by atoms with E-state index in [-0.39, 0.29) is 17.4 Å². The molecule has 1 N–H and O–H groups in total. The minimum atomic E-state index is -0.501. The van der Waals surface area contributed by atoms with Gasteiger partial charge in [-0.3, -0.25) is 4.79 Å². The highest BCUT2D eigenvalue weighted by Gasteiger charge is 2.09. The fraction of sp³-hybridized carbons (Fsp3) is 0.250. The summed E-state index contributed by atoms with van der Waals surface area (Å²) in [7, 11) is 2.96. The van der Waals surface area contributed by atoms with Crippen molar-refractivity contribution in [1.29, 1.82) is 0 Å². The molecule has 0 aliphatic heterocycles. The predicted molar refractivity (Wildman–Crippen MR) is 61.8 cm³/mol. The third kappa shape index (κ3) is 2.14. The lowest BCUT2D eigenvalue weighted by Crippen LogP contribution is -2.07. The highest BCUT2D eigenvalue weighted by atomic mass is 19.1. The first-order valence-corrected chi connectivity index (χ1v) is 5.04. The third-order valence-electron chi connectivity index (χ3n) is 2.44. The molecule has 0 aliphatic rings. The number of pyridine rings is 1. The van der Waals surface area contributed by atoms with Crippen molar-refractivity contribution in [2.75, 3.05) is 14.2 Å². The van der Waals surface area contributed by atoms with Crippen molar-refractivity contribution in [3.05, 3.63) is 39.9 Å². The lowest BCUT2D eigenvalue weighted by atomic mass is 10.1. The van der Waals surface area contributed by atoms with Gasteiger partial charge in [-0.15, -0.1) is 0 Å². The van der Waals surface area contributed by atoms with E-state index in [1.807, 2.05) is 0 Å². The largest absolute Gasteiger partial charge is 0.494 e. The van der Waals surface area contributed by atoms with Gasteiger partial charge in [0, 0.05) is 24.9 Å². The summed E-state index contributed by atoms with van der Waals surface area (Å²) < 4.78 is 23.2. The molecule has 1 aromatic carbocycles. The van der Waals surface area contributed by atoms with Crippen LogP contribution < -0.4 is 10.2 Å². The Hall–Kier alpha value is -1.88. The van der Waals surface area contributed by atoms with E-state index in [1.54, 1.807) is 0 Å². The van der Waals surface area contributed by atoms with Gasteiger partial charge in [-0.1, -0.05) is 0 Å². The zero-order chi connectivity index (χ0) is 12.4. The second kappa shape index (κ2) is 4.55. The summed E-state index contributed by atoms with van der Waals surface area (Å²) in [6.45, 7) is 0.283. The maximum atomic E-state index is 13.3. The van der Waals surface area contributed by atoms with Gasteiger partial charge in [0.15, 0.2) is 5.43 Å². The van der Waals surface area contributed by atoms with Gasteiger partial charge < -0.3 is 14.5 Å². The molecule has 0 aliphatic carbocycles. The van der Waals surface area contributed by atoms with Crippen LogP contribution in [0, 0.1) is 5.82 Å². The minimum Gasteiger partial charge on any atom is -0.494 e. The zero-order valence-corrected chi connectivity index (χ0v) is 9.54. The van der Waals surface area contributed by atoms with E-state index in [1.165, 1.54) is 32.4 Å². The van der Waals surface area contributed by atoms with E-state index in [0.717, 1.165) is 0 Å². The fourth-order valence-corrected chi connectivity index (χ4v) is 1.73. The molecule has 0 bridgehead atoms. The topological polar surface area (TPSA) is 51.3 Å². The lowest BCUT2D eigenvalue weighted by molar-refractivity contribution is 0.181. The SMILES string of the molecule is COCc1cc(=O)c2cc(F)cc(OC)c2[nH]1. The van der Waals surface area contributed by atoms with Crippen LogP contribution in [0.15, 0.2) is 23.0 Å². The molecule has 0 saturated carbocycles. The summed E-state index contributed by atoms with van der Waals surface area (Å²) >= 11 is 0. The smallest absolute Gasteiger partial charge is 0.189 e. The van der Waals surface area contributed by atoms with Gasteiger partial charge in [-0.25, -0.2) is 4.39 Å². The third-order valence-corrected chi connectivity index (χ3v) is 2.44. The number of aromatic nitrogens is 1. The van der Waals surface area contributed by atoms with Gasteiger partial charge in [-0.2, -0.15) is 0 Å². The van der Waals surface area contributed by atoms with Gasteiger partial charge in [0.05, 0.1) is 24.6 Å². The highest BCUT2D eigenvalue weighted by Crippen LogP contribution is 2.23. The molecule has 1 aromatic heterocycles. The van der Waals surface area contributed by atoms with E-state index in [2.05, 4.69) is 4.98 Å². The Morgan fingerprint density at radius 3 is 2.71 bits per heavy atom. The molecule has 0 amide bonds. The lowest BCUT2D eigenvalue weighted by Gasteiger charge is -2.08. The number of methoxy groups -OCH3 is 2. The average molecular weight is 237 g/mol. The Morgan fingerprint density at radius 2 is 2.06 bits per heavy atom. The minimum absolute atomic E-state index is 0.261. The number of hydrogen-bond donors (Lipinski definition) is 1. The monoisotopic (exact) mass is 237 g/mol. The number of H-pyrrole nitrogens is 1. The Labute approximate surface area is 97.0 Å². The molecule has 0 atom stereocenters. The number of nitrogens with one attached hydrogen (secondary N) is 1. The van der Waals surface area contributed by atoms with Gasteiger partial charge in [0.1, 0.15) is 11.6 Å². The molecule has 4 nitrogen and oxygen atoms in total. The van der Waals surface area contributed by atoms with E-state index in [9.17, 15) is 9.18 Å². The van der Waals surface area contributed by atoms with Crippen LogP contribution in [-0.4, -0.2) is 19.2 Å². The van der Waals surface area contributed by atoms with E-state index in [4.69, 9.17) is 9.47 Å². The number of halogens is 1. The molecule has 5 heteroatoms. The summed E-state index contributed by atoms with van der Waals surface area (Å²) in [6, 6.07) is 3.81. The van der Waals surface area contributed by atoms with Crippen LogP contribution in [0.2, 0.25) is 0 Å². The normalized spacial score (nSPS) is 10.8. The van der Waals surface area contributed by atoms with Crippen molar-refractivity contribution in [2.24, 2.45) is 0 Å². The molecular weight excluding hydrogens is 225 g/mol. The van der Waals surface area contributed by atoms with E-state index >= 15 is 0 Å². The first kappa shape index (κ1) is 11.6. The summed E-state index contributed by atoms with van der Waals surface area (Å²) in [5, 5.41) is 0.265. The van der Waals surface area contributed by atoms with Crippen molar-refractivity contribution in [1.82, 2.24) is 4.98 Å². The van der Waals surface area contributed by atoms with E-state index in [0.29, 0.717) is 17.0 Å². The molecule has 2 rings (SSSR count). The van der Waals surface area contributed by atoms with Gasteiger partial charge in [0.25, 0.3) is 0 Å². The van der Waals surface area contributed by atoms with Crippen molar-refractivity contribution >= 4 is 10.9 Å². The van der Waals surface area contributed by atoms with Crippen molar-refractivity contribution in [3.63, 3.8) is 0 Å². The summed E-state index contributed by atoms with van der Waals surface area (Å²) in [4.78, 5) is 14.8. The molecular formula is C12H12FNO3. The molecule has 90 valence electrons. The molecule has 0 unspecified atom stereocenters. The number of ether oxygens (including phenoxy) is 2. The number of benzene rings is 1. The quantitative estimate of drug-likeness (QED) is 0.885. The Morgan fingerprint density at radius 1 is 1.29 bits per heavy atom. The van der Waals surface area contributed by atoms with Crippen LogP contribution in [-0.2, 0) is 11.3 Å². The summed E-state index contributed by atoms with van der Waals surface area (Å²) in [5.41, 5.74) is 0.840. The van der Waals surface area contributed by atoms with Crippen molar-refractivity contribution in [3.8, 4) is 5.75 Å². The maximum Gasteiger partial charge on any atom is 0.189 e. The molecule has 2 aromatic rings. The number of rotatable bonds is 3. The molecule has 0 saturated heterocycles. The van der Waals surface area contributed by atoms with Gasteiger partial charge in [-0.05, 0) is 6.07 Å². The van der Waals surface area contributed by atoms with Crippen LogP contribution in [0.3, 0.4) is 0 Å². The standard InChI is InChI=1S/C12H12FNO3/c1-16-6-8-5-10(15)9-3-7(13)4-11(17-2)12(9)14-8/h3-5H,6H2,1-2H3,(H,14,15). The van der Waals surface area contributed by atoms with Gasteiger partial charge >= 0.3 is 0 Å². The Kier molecular flexibility index (Phi) is 3.10. The molecule has 0 fully saturated rings. The second-order valence-corrected chi connectivity index (χ2v) is 3.62.